The van der Waals surface area contributed by atoms with Crippen molar-refractivity contribution in [2.75, 3.05) is 28.6 Å². The summed E-state index contributed by atoms with van der Waals surface area (Å²) in [6, 6.07) is 5.17. The SMILES string of the molecule is O=CN1c2c(nc[nH]c2=O)NCC1CNc1ccc(C(=O)N[C@@H](CCC(=O)O)CC(=O)O)cc1. The molecule has 0 saturated heterocycles. The summed E-state index contributed by atoms with van der Waals surface area (Å²) in [5, 5.41) is 26.5. The van der Waals surface area contributed by atoms with Gasteiger partial charge in [-0.05, 0) is 30.7 Å². The molecule has 6 N–H and O–H groups in total. The number of hydrogen-bond acceptors (Lipinski definition) is 8. The molecule has 2 amide bonds. The normalized spacial score (nSPS) is 15.4. The molecule has 0 saturated carbocycles. The van der Waals surface area contributed by atoms with Crippen molar-refractivity contribution in [1.29, 1.82) is 0 Å². The third kappa shape index (κ3) is 6.09. The van der Waals surface area contributed by atoms with Crippen molar-refractivity contribution in [2.45, 2.75) is 31.3 Å². The smallest absolute Gasteiger partial charge is 0.305 e. The highest BCUT2D eigenvalue weighted by Gasteiger charge is 2.29. The van der Waals surface area contributed by atoms with Crippen molar-refractivity contribution in [3.63, 3.8) is 0 Å². The summed E-state index contributed by atoms with van der Waals surface area (Å²) in [6.07, 6.45) is 1.18. The van der Waals surface area contributed by atoms with Crippen LogP contribution < -0.4 is 26.4 Å². The molecule has 1 aromatic carbocycles. The molecule has 1 unspecified atom stereocenters. The van der Waals surface area contributed by atoms with Gasteiger partial charge in [-0.3, -0.25) is 24.0 Å². The fraction of sp³-hybridized carbons (Fsp3) is 0.333. The Hall–Kier alpha value is -4.42. The number of carboxylic acid groups (broad SMARTS) is 2. The lowest BCUT2D eigenvalue weighted by Gasteiger charge is -2.33. The van der Waals surface area contributed by atoms with Crippen molar-refractivity contribution in [3.8, 4) is 0 Å². The number of carbonyl (C=O) groups excluding carboxylic acids is 2. The Kier molecular flexibility index (Phi) is 7.79. The number of aromatic nitrogens is 2. The highest BCUT2D eigenvalue weighted by molar-refractivity contribution is 5.95. The molecule has 2 heterocycles. The molecule has 0 aliphatic carbocycles. The predicted molar refractivity (Wildman–Crippen MR) is 121 cm³/mol. The van der Waals surface area contributed by atoms with Crippen LogP contribution in [-0.4, -0.2) is 69.6 Å². The van der Waals surface area contributed by atoms with Crippen LogP contribution in [0.3, 0.4) is 0 Å². The van der Waals surface area contributed by atoms with Crippen LogP contribution in [0.15, 0.2) is 35.4 Å². The molecule has 2 aromatic rings. The molecular formula is C21H24N6O7. The number of aliphatic carboxylic acids is 2. The lowest BCUT2D eigenvalue weighted by molar-refractivity contribution is -0.139. The van der Waals surface area contributed by atoms with Gasteiger partial charge in [-0.25, -0.2) is 4.98 Å². The maximum Gasteiger partial charge on any atom is 0.305 e. The van der Waals surface area contributed by atoms with E-state index in [1.807, 2.05) is 0 Å². The number of carbonyl (C=O) groups is 4. The number of rotatable bonds is 11. The minimum Gasteiger partial charge on any atom is -0.481 e. The molecule has 0 fully saturated rings. The van der Waals surface area contributed by atoms with E-state index >= 15 is 0 Å². The Morgan fingerprint density at radius 3 is 2.59 bits per heavy atom. The largest absolute Gasteiger partial charge is 0.481 e. The second-order valence-corrected chi connectivity index (χ2v) is 7.64. The molecule has 13 nitrogen and oxygen atoms in total. The van der Waals surface area contributed by atoms with Crippen LogP contribution >= 0.6 is 0 Å². The quantitative estimate of drug-likeness (QED) is 0.244. The maximum atomic E-state index is 12.5. The lowest BCUT2D eigenvalue weighted by Crippen LogP contribution is -2.49. The second kappa shape index (κ2) is 10.9. The minimum absolute atomic E-state index is 0.00283. The number of benzene rings is 1. The summed E-state index contributed by atoms with van der Waals surface area (Å²) in [5.74, 6) is -2.41. The van der Waals surface area contributed by atoms with E-state index in [1.165, 1.54) is 23.4 Å². The topological polar surface area (TPSA) is 194 Å². The van der Waals surface area contributed by atoms with Gasteiger partial charge >= 0.3 is 11.9 Å². The summed E-state index contributed by atoms with van der Waals surface area (Å²) in [5.41, 5.74) is 0.633. The van der Waals surface area contributed by atoms with Crippen molar-refractivity contribution in [1.82, 2.24) is 15.3 Å². The molecule has 0 radical (unpaired) electrons. The Bertz CT molecular complexity index is 1120. The zero-order valence-electron chi connectivity index (χ0n) is 18.0. The van der Waals surface area contributed by atoms with Gasteiger partial charge in [0.25, 0.3) is 11.5 Å². The number of aromatic amines is 1. The lowest BCUT2D eigenvalue weighted by atomic mass is 10.1. The molecule has 34 heavy (non-hydrogen) atoms. The number of carboxylic acids is 2. The summed E-state index contributed by atoms with van der Waals surface area (Å²) >= 11 is 0. The minimum atomic E-state index is -1.14. The van der Waals surface area contributed by atoms with Crippen LogP contribution in [0.25, 0.3) is 0 Å². The number of amides is 2. The summed E-state index contributed by atoms with van der Waals surface area (Å²) in [4.78, 5) is 65.7. The Morgan fingerprint density at radius 1 is 1.21 bits per heavy atom. The van der Waals surface area contributed by atoms with Gasteiger partial charge in [0.15, 0.2) is 11.5 Å². The molecule has 1 aliphatic heterocycles. The number of H-pyrrole nitrogens is 1. The number of nitrogens with one attached hydrogen (secondary N) is 4. The standard InChI is InChI=1S/C21H24N6O7/c28-11-27-15(9-23-19-18(27)21(34)25-10-24-19)8-22-13-3-1-12(2-4-13)20(33)26-14(7-17(31)32)5-6-16(29)30/h1-4,10-11,14-15,22H,5-9H2,(H,26,33)(H,29,30)(H,31,32)(H2,23,24,25,34)/t14-,15?/m0/s1. The molecule has 3 rings (SSSR count). The highest BCUT2D eigenvalue weighted by atomic mass is 16.4. The second-order valence-electron chi connectivity index (χ2n) is 7.64. The zero-order valence-corrected chi connectivity index (χ0v) is 18.0. The first-order valence-corrected chi connectivity index (χ1v) is 10.4. The number of anilines is 3. The van der Waals surface area contributed by atoms with Gasteiger partial charge in [-0.1, -0.05) is 0 Å². The molecule has 1 aromatic heterocycles. The molecule has 2 atom stereocenters. The molecule has 0 spiro atoms. The van der Waals surface area contributed by atoms with E-state index in [0.717, 1.165) is 0 Å². The van der Waals surface area contributed by atoms with Crippen LogP contribution in [0, 0.1) is 0 Å². The van der Waals surface area contributed by atoms with E-state index in [9.17, 15) is 24.0 Å². The van der Waals surface area contributed by atoms with Crippen molar-refractivity contribution in [2.24, 2.45) is 0 Å². The van der Waals surface area contributed by atoms with E-state index in [1.54, 1.807) is 12.1 Å². The van der Waals surface area contributed by atoms with E-state index in [-0.39, 0.29) is 36.6 Å². The number of nitrogens with zero attached hydrogens (tertiary/aromatic N) is 2. The van der Waals surface area contributed by atoms with Crippen LogP contribution in [0.2, 0.25) is 0 Å². The predicted octanol–water partition coefficient (Wildman–Crippen LogP) is 0.0768. The van der Waals surface area contributed by atoms with Gasteiger partial charge in [0, 0.05) is 36.8 Å². The van der Waals surface area contributed by atoms with Gasteiger partial charge in [-0.15, -0.1) is 0 Å². The number of hydrogen-bond donors (Lipinski definition) is 6. The molecule has 0 bridgehead atoms. The molecule has 180 valence electrons. The maximum absolute atomic E-state index is 12.5. The van der Waals surface area contributed by atoms with Crippen LogP contribution in [0.1, 0.15) is 29.6 Å². The fourth-order valence-corrected chi connectivity index (χ4v) is 3.54. The van der Waals surface area contributed by atoms with Gasteiger partial charge in [0.1, 0.15) is 0 Å². The summed E-state index contributed by atoms with van der Waals surface area (Å²) in [7, 11) is 0. The van der Waals surface area contributed by atoms with E-state index < -0.39 is 29.4 Å². The van der Waals surface area contributed by atoms with Crippen LogP contribution in [0.5, 0.6) is 0 Å². The monoisotopic (exact) mass is 472 g/mol. The van der Waals surface area contributed by atoms with Crippen molar-refractivity contribution >= 4 is 41.4 Å². The average Bonchev–Trinajstić information content (AvgIpc) is 2.81. The summed E-state index contributed by atoms with van der Waals surface area (Å²) in [6.45, 7) is 0.678. The molecule has 13 heteroatoms. The highest BCUT2D eigenvalue weighted by Crippen LogP contribution is 2.24. The first-order valence-electron chi connectivity index (χ1n) is 10.4. The Balaban J connectivity index is 1.60. The van der Waals surface area contributed by atoms with Crippen molar-refractivity contribution in [3.05, 3.63) is 46.5 Å². The van der Waals surface area contributed by atoms with E-state index in [0.29, 0.717) is 31.0 Å². The number of fused-ring (bicyclic) bond motifs is 1. The average molecular weight is 472 g/mol. The third-order valence-corrected chi connectivity index (χ3v) is 5.25. The molecule has 1 aliphatic rings. The summed E-state index contributed by atoms with van der Waals surface area (Å²) < 4.78 is 0. The van der Waals surface area contributed by atoms with Crippen LogP contribution in [-0.2, 0) is 14.4 Å². The van der Waals surface area contributed by atoms with E-state index in [4.69, 9.17) is 10.2 Å². The molecular weight excluding hydrogens is 448 g/mol. The van der Waals surface area contributed by atoms with E-state index in [2.05, 4.69) is 25.9 Å². The first-order chi connectivity index (χ1) is 16.3. The van der Waals surface area contributed by atoms with Gasteiger partial charge in [-0.2, -0.15) is 0 Å². The van der Waals surface area contributed by atoms with Gasteiger partial charge in [0.2, 0.25) is 6.41 Å². The Labute approximate surface area is 193 Å². The Morgan fingerprint density at radius 2 is 1.94 bits per heavy atom. The van der Waals surface area contributed by atoms with Crippen LogP contribution in [0.4, 0.5) is 17.2 Å². The first kappa shape index (κ1) is 24.2. The van der Waals surface area contributed by atoms with Gasteiger partial charge in [0.05, 0.1) is 18.8 Å². The fourth-order valence-electron chi connectivity index (χ4n) is 3.54. The zero-order chi connectivity index (χ0) is 24.7. The third-order valence-electron chi connectivity index (χ3n) is 5.25. The van der Waals surface area contributed by atoms with Gasteiger partial charge < -0.3 is 36.0 Å². The van der Waals surface area contributed by atoms with Crippen molar-refractivity contribution < 1.29 is 29.4 Å².